The molecular weight excluding hydrogens is 429 g/mol. The van der Waals surface area contributed by atoms with Crippen molar-refractivity contribution in [2.45, 2.75) is 26.7 Å². The van der Waals surface area contributed by atoms with Gasteiger partial charge in [-0.2, -0.15) is 0 Å². The van der Waals surface area contributed by atoms with Crippen LogP contribution in [0.25, 0.3) is 6.08 Å². The van der Waals surface area contributed by atoms with Gasteiger partial charge in [0.15, 0.2) is 5.11 Å². The van der Waals surface area contributed by atoms with Crippen molar-refractivity contribution in [3.8, 4) is 5.75 Å². The Balaban J connectivity index is 1.69. The standard InChI is InChI=1S/C24H24FN3O3S/c1-3-31-18-8-6-7-17(14-18)28-23(30)19(22(29)26-24(28)32)12-16-13-20(25)21(11-15(16)2)27-9-4-5-10-27/h6-8,11-14H,3-5,9-10H2,1-2H3,(H,26,29,32)/b19-12+. The van der Waals surface area contributed by atoms with Crippen LogP contribution in [0.2, 0.25) is 0 Å². The van der Waals surface area contributed by atoms with Gasteiger partial charge in [0.05, 0.1) is 18.0 Å². The lowest BCUT2D eigenvalue weighted by Gasteiger charge is -2.29. The lowest BCUT2D eigenvalue weighted by Crippen LogP contribution is -2.54. The smallest absolute Gasteiger partial charge is 0.270 e. The molecule has 6 nitrogen and oxygen atoms in total. The zero-order valence-corrected chi connectivity index (χ0v) is 18.8. The molecule has 2 aromatic carbocycles. The highest BCUT2D eigenvalue weighted by Crippen LogP contribution is 2.30. The molecule has 0 saturated carbocycles. The largest absolute Gasteiger partial charge is 0.494 e. The van der Waals surface area contributed by atoms with Crippen molar-refractivity contribution in [3.05, 3.63) is 58.9 Å². The van der Waals surface area contributed by atoms with Crippen molar-refractivity contribution < 1.29 is 18.7 Å². The average molecular weight is 454 g/mol. The van der Waals surface area contributed by atoms with Crippen LogP contribution in [0.15, 0.2) is 42.0 Å². The summed E-state index contributed by atoms with van der Waals surface area (Å²) in [4.78, 5) is 29.1. The number of carbonyl (C=O) groups is 2. The van der Waals surface area contributed by atoms with Gasteiger partial charge in [0.25, 0.3) is 11.8 Å². The van der Waals surface area contributed by atoms with Crippen molar-refractivity contribution in [2.24, 2.45) is 0 Å². The molecule has 8 heteroatoms. The number of carbonyl (C=O) groups excluding carboxylic acids is 2. The van der Waals surface area contributed by atoms with Crippen LogP contribution in [0.1, 0.15) is 30.9 Å². The topological polar surface area (TPSA) is 61.9 Å². The van der Waals surface area contributed by atoms with Crippen LogP contribution in [-0.2, 0) is 9.59 Å². The molecule has 2 amide bonds. The fourth-order valence-corrected chi connectivity index (χ4v) is 4.25. The van der Waals surface area contributed by atoms with E-state index in [9.17, 15) is 14.0 Å². The van der Waals surface area contributed by atoms with Crippen molar-refractivity contribution >= 4 is 46.6 Å². The number of thiocarbonyl (C=S) groups is 1. The number of nitrogens with zero attached hydrogens (tertiary/aromatic N) is 2. The molecule has 0 bridgehead atoms. The molecule has 1 N–H and O–H groups in total. The highest BCUT2D eigenvalue weighted by atomic mass is 32.1. The molecule has 2 saturated heterocycles. The highest BCUT2D eigenvalue weighted by Gasteiger charge is 2.35. The lowest BCUT2D eigenvalue weighted by atomic mass is 10.0. The van der Waals surface area contributed by atoms with Crippen LogP contribution in [0.3, 0.4) is 0 Å². The van der Waals surface area contributed by atoms with Crippen molar-refractivity contribution in [1.82, 2.24) is 5.32 Å². The third-order valence-electron chi connectivity index (χ3n) is 5.57. The number of hydrogen-bond donors (Lipinski definition) is 1. The normalized spacial score (nSPS) is 17.8. The number of anilines is 2. The van der Waals surface area contributed by atoms with Crippen LogP contribution in [0.4, 0.5) is 15.8 Å². The Bertz CT molecular complexity index is 1130. The van der Waals surface area contributed by atoms with E-state index in [-0.39, 0.29) is 16.5 Å². The number of ether oxygens (including phenoxy) is 1. The molecule has 0 radical (unpaired) electrons. The minimum atomic E-state index is -0.611. The van der Waals surface area contributed by atoms with E-state index >= 15 is 0 Å². The first-order valence-corrected chi connectivity index (χ1v) is 11.0. The summed E-state index contributed by atoms with van der Waals surface area (Å²) in [6, 6.07) is 10.0. The molecular formula is C24H24FN3O3S. The van der Waals surface area contributed by atoms with Crippen LogP contribution in [-0.4, -0.2) is 36.6 Å². The minimum absolute atomic E-state index is 0.0157. The summed E-state index contributed by atoms with van der Waals surface area (Å²) in [6.07, 6.45) is 3.50. The molecule has 0 spiro atoms. The quantitative estimate of drug-likeness (QED) is 0.422. The van der Waals surface area contributed by atoms with E-state index in [0.717, 1.165) is 31.5 Å². The van der Waals surface area contributed by atoms with Gasteiger partial charge < -0.3 is 9.64 Å². The lowest BCUT2D eigenvalue weighted by molar-refractivity contribution is -0.122. The number of halogens is 1. The maximum absolute atomic E-state index is 14.8. The molecule has 0 unspecified atom stereocenters. The summed E-state index contributed by atoms with van der Waals surface area (Å²) in [5.74, 6) is -0.972. The Morgan fingerprint density at radius 1 is 1.19 bits per heavy atom. The highest BCUT2D eigenvalue weighted by molar-refractivity contribution is 7.80. The first kappa shape index (κ1) is 22.0. The van der Waals surface area contributed by atoms with E-state index in [0.29, 0.717) is 29.3 Å². The molecule has 2 aliphatic rings. The zero-order valence-electron chi connectivity index (χ0n) is 18.0. The number of aryl methyl sites for hydroxylation is 1. The van der Waals surface area contributed by atoms with Crippen LogP contribution >= 0.6 is 12.2 Å². The summed E-state index contributed by atoms with van der Waals surface area (Å²) in [5.41, 5.74) is 2.16. The van der Waals surface area contributed by atoms with Gasteiger partial charge >= 0.3 is 0 Å². The van der Waals surface area contributed by atoms with Gasteiger partial charge in [-0.15, -0.1) is 0 Å². The SMILES string of the molecule is CCOc1cccc(N2C(=O)/C(=C/c3cc(F)c(N4CCCC4)cc3C)C(=O)NC2=S)c1. The second-order valence-corrected chi connectivity index (χ2v) is 8.13. The Morgan fingerprint density at radius 2 is 1.94 bits per heavy atom. The first-order chi connectivity index (χ1) is 15.4. The van der Waals surface area contributed by atoms with Crippen LogP contribution in [0, 0.1) is 12.7 Å². The van der Waals surface area contributed by atoms with Crippen LogP contribution < -0.4 is 19.9 Å². The van der Waals surface area contributed by atoms with Crippen molar-refractivity contribution in [1.29, 1.82) is 0 Å². The van der Waals surface area contributed by atoms with Gasteiger partial charge in [-0.25, -0.2) is 4.39 Å². The number of benzene rings is 2. The van der Waals surface area contributed by atoms with E-state index in [1.54, 1.807) is 30.3 Å². The maximum Gasteiger partial charge on any atom is 0.270 e. The average Bonchev–Trinajstić information content (AvgIpc) is 3.28. The van der Waals surface area contributed by atoms with Gasteiger partial charge in [-0.3, -0.25) is 19.8 Å². The molecule has 0 aromatic heterocycles. The number of hydrogen-bond acceptors (Lipinski definition) is 5. The third-order valence-corrected chi connectivity index (χ3v) is 5.86. The fourth-order valence-electron chi connectivity index (χ4n) is 3.96. The van der Waals surface area contributed by atoms with Gasteiger partial charge in [0.2, 0.25) is 0 Å². The van der Waals surface area contributed by atoms with E-state index in [1.807, 2.05) is 18.7 Å². The first-order valence-electron chi connectivity index (χ1n) is 10.6. The van der Waals surface area contributed by atoms with Crippen molar-refractivity contribution in [2.75, 3.05) is 29.5 Å². The fraction of sp³-hybridized carbons (Fsp3) is 0.292. The van der Waals surface area contributed by atoms with E-state index in [2.05, 4.69) is 5.32 Å². The number of rotatable bonds is 5. The predicted octanol–water partition coefficient (Wildman–Crippen LogP) is 3.96. The zero-order chi connectivity index (χ0) is 22.8. The second kappa shape index (κ2) is 9.08. The maximum atomic E-state index is 14.8. The second-order valence-electron chi connectivity index (χ2n) is 7.74. The van der Waals surface area contributed by atoms with E-state index < -0.39 is 11.8 Å². The molecule has 4 rings (SSSR count). The summed E-state index contributed by atoms with van der Waals surface area (Å²) in [6.45, 7) is 5.82. The summed E-state index contributed by atoms with van der Waals surface area (Å²) in [5, 5.41) is 2.54. The molecule has 0 aliphatic carbocycles. The summed E-state index contributed by atoms with van der Waals surface area (Å²) in [7, 11) is 0. The molecule has 2 aromatic rings. The Hall–Kier alpha value is -3.26. The van der Waals surface area contributed by atoms with Crippen molar-refractivity contribution in [3.63, 3.8) is 0 Å². The monoisotopic (exact) mass is 453 g/mol. The van der Waals surface area contributed by atoms with Gasteiger partial charge in [-0.05, 0) is 80.4 Å². The summed E-state index contributed by atoms with van der Waals surface area (Å²) >= 11 is 5.25. The Morgan fingerprint density at radius 3 is 2.66 bits per heavy atom. The molecule has 32 heavy (non-hydrogen) atoms. The number of nitrogens with one attached hydrogen (secondary N) is 1. The Labute approximate surface area is 191 Å². The minimum Gasteiger partial charge on any atom is -0.494 e. The molecule has 166 valence electrons. The van der Waals surface area contributed by atoms with Gasteiger partial charge in [-0.1, -0.05) is 6.07 Å². The van der Waals surface area contributed by atoms with E-state index in [1.165, 1.54) is 17.0 Å². The van der Waals surface area contributed by atoms with Gasteiger partial charge in [0.1, 0.15) is 17.1 Å². The Kier molecular flexibility index (Phi) is 6.23. The predicted molar refractivity (Wildman–Crippen MR) is 126 cm³/mol. The molecule has 2 heterocycles. The van der Waals surface area contributed by atoms with Gasteiger partial charge in [0, 0.05) is 19.2 Å². The molecule has 2 aliphatic heterocycles. The van der Waals surface area contributed by atoms with E-state index in [4.69, 9.17) is 17.0 Å². The molecule has 2 fully saturated rings. The summed E-state index contributed by atoms with van der Waals surface area (Å²) < 4.78 is 20.4. The third kappa shape index (κ3) is 4.23. The van der Waals surface area contributed by atoms with Crippen LogP contribution in [0.5, 0.6) is 5.75 Å². The molecule has 0 atom stereocenters. The number of amides is 2.